The fraction of sp³-hybridized carbons (Fsp3) is 0.500. The van der Waals surface area contributed by atoms with Gasteiger partial charge in [0.1, 0.15) is 11.5 Å². The molecule has 0 heterocycles. The van der Waals surface area contributed by atoms with Crippen molar-refractivity contribution in [2.24, 2.45) is 0 Å². The molecule has 0 unspecified atom stereocenters. The van der Waals surface area contributed by atoms with E-state index in [2.05, 4.69) is 0 Å². The van der Waals surface area contributed by atoms with Gasteiger partial charge in [-0.2, -0.15) is 0 Å². The van der Waals surface area contributed by atoms with E-state index in [4.69, 9.17) is 9.47 Å². The first-order chi connectivity index (χ1) is 8.51. The van der Waals surface area contributed by atoms with Crippen molar-refractivity contribution in [1.29, 1.82) is 0 Å². The van der Waals surface area contributed by atoms with Crippen LogP contribution in [0.25, 0.3) is 0 Å². The zero-order valence-corrected chi connectivity index (χ0v) is 11.7. The molecule has 0 aromatic heterocycles. The van der Waals surface area contributed by atoms with Crippen LogP contribution in [0, 0.1) is 6.92 Å². The molecule has 0 aliphatic rings. The summed E-state index contributed by atoms with van der Waals surface area (Å²) in [5.74, 6) is 1.72. The number of rotatable bonds is 5. The molecule has 0 bridgehead atoms. The van der Waals surface area contributed by atoms with E-state index in [1.54, 1.807) is 33.1 Å². The van der Waals surface area contributed by atoms with Gasteiger partial charge in [-0.05, 0) is 25.0 Å². The molecule has 0 radical (unpaired) electrons. The Morgan fingerprint density at radius 2 is 1.94 bits per heavy atom. The highest BCUT2D eigenvalue weighted by molar-refractivity contribution is 5.72. The van der Waals surface area contributed by atoms with Crippen molar-refractivity contribution < 1.29 is 14.3 Å². The van der Waals surface area contributed by atoms with Crippen LogP contribution in [-0.4, -0.2) is 38.6 Å². The van der Waals surface area contributed by atoms with Crippen molar-refractivity contribution in [3.63, 3.8) is 0 Å². The second kappa shape index (κ2) is 6.28. The van der Waals surface area contributed by atoms with Crippen LogP contribution in [0.15, 0.2) is 12.1 Å². The standard InChI is InChI=1S/C14H21NO3/c1-10-13(17-4)7-6-12(14(10)18-5)8-9-15(3)11(2)16/h6-7H,8-9H2,1-5H3. The lowest BCUT2D eigenvalue weighted by Gasteiger charge is -2.18. The third-order valence-corrected chi connectivity index (χ3v) is 3.12. The van der Waals surface area contributed by atoms with Crippen LogP contribution in [0.1, 0.15) is 18.1 Å². The topological polar surface area (TPSA) is 38.8 Å². The first-order valence-corrected chi connectivity index (χ1v) is 5.93. The molecule has 0 saturated carbocycles. The van der Waals surface area contributed by atoms with E-state index in [-0.39, 0.29) is 5.91 Å². The molecular weight excluding hydrogens is 230 g/mol. The van der Waals surface area contributed by atoms with E-state index >= 15 is 0 Å². The Labute approximate surface area is 108 Å². The fourth-order valence-electron chi connectivity index (χ4n) is 1.88. The smallest absolute Gasteiger partial charge is 0.219 e. The van der Waals surface area contributed by atoms with E-state index in [0.717, 1.165) is 29.0 Å². The molecule has 1 aromatic rings. The number of nitrogens with zero attached hydrogens (tertiary/aromatic N) is 1. The number of amides is 1. The predicted octanol–water partition coefficient (Wildman–Crippen LogP) is 2.03. The van der Waals surface area contributed by atoms with Crippen molar-refractivity contribution in [1.82, 2.24) is 4.90 Å². The minimum Gasteiger partial charge on any atom is -0.496 e. The first kappa shape index (κ1) is 14.4. The zero-order valence-electron chi connectivity index (χ0n) is 11.7. The van der Waals surface area contributed by atoms with Crippen molar-refractivity contribution in [3.8, 4) is 11.5 Å². The molecule has 1 rings (SSSR count). The minimum atomic E-state index is 0.0687. The summed E-state index contributed by atoms with van der Waals surface area (Å²) in [6.45, 7) is 4.21. The molecule has 0 spiro atoms. The molecule has 0 aliphatic carbocycles. The van der Waals surface area contributed by atoms with Gasteiger partial charge in [0.15, 0.2) is 0 Å². The van der Waals surface area contributed by atoms with E-state index in [1.165, 1.54) is 0 Å². The molecule has 4 nitrogen and oxygen atoms in total. The molecule has 100 valence electrons. The monoisotopic (exact) mass is 251 g/mol. The number of ether oxygens (including phenoxy) is 2. The Hall–Kier alpha value is -1.71. The van der Waals surface area contributed by atoms with Gasteiger partial charge < -0.3 is 14.4 Å². The summed E-state index contributed by atoms with van der Waals surface area (Å²) in [6.07, 6.45) is 0.768. The zero-order chi connectivity index (χ0) is 13.7. The van der Waals surface area contributed by atoms with Crippen molar-refractivity contribution in [2.45, 2.75) is 20.3 Å². The van der Waals surface area contributed by atoms with Crippen LogP contribution in [0.2, 0.25) is 0 Å². The summed E-state index contributed by atoms with van der Waals surface area (Å²) in [7, 11) is 5.09. The van der Waals surface area contributed by atoms with Crippen LogP contribution in [0.4, 0.5) is 0 Å². The second-order valence-electron chi connectivity index (χ2n) is 4.28. The summed E-state index contributed by atoms with van der Waals surface area (Å²) in [4.78, 5) is 12.9. The SMILES string of the molecule is COc1ccc(CCN(C)C(C)=O)c(OC)c1C. The van der Waals surface area contributed by atoms with Crippen LogP contribution in [-0.2, 0) is 11.2 Å². The molecule has 0 N–H and O–H groups in total. The number of carbonyl (C=O) groups is 1. The molecule has 1 amide bonds. The van der Waals surface area contributed by atoms with Crippen molar-refractivity contribution in [2.75, 3.05) is 27.8 Å². The third kappa shape index (κ3) is 3.15. The molecule has 1 aromatic carbocycles. The number of benzene rings is 1. The molecule has 4 heteroatoms. The van der Waals surface area contributed by atoms with Crippen LogP contribution >= 0.6 is 0 Å². The quantitative estimate of drug-likeness (QED) is 0.803. The largest absolute Gasteiger partial charge is 0.496 e. The number of hydrogen-bond acceptors (Lipinski definition) is 3. The lowest BCUT2D eigenvalue weighted by molar-refractivity contribution is -0.127. The normalized spacial score (nSPS) is 10.1. The maximum atomic E-state index is 11.2. The summed E-state index contributed by atoms with van der Waals surface area (Å²) in [5, 5.41) is 0. The van der Waals surface area contributed by atoms with E-state index < -0.39 is 0 Å². The van der Waals surface area contributed by atoms with Gasteiger partial charge in [-0.15, -0.1) is 0 Å². The number of carbonyl (C=O) groups excluding carboxylic acids is 1. The first-order valence-electron chi connectivity index (χ1n) is 5.93. The van der Waals surface area contributed by atoms with Crippen molar-refractivity contribution in [3.05, 3.63) is 23.3 Å². The van der Waals surface area contributed by atoms with Gasteiger partial charge >= 0.3 is 0 Å². The lowest BCUT2D eigenvalue weighted by Crippen LogP contribution is -2.26. The van der Waals surface area contributed by atoms with Gasteiger partial charge in [0.05, 0.1) is 14.2 Å². The van der Waals surface area contributed by atoms with Gasteiger partial charge in [-0.1, -0.05) is 6.07 Å². The molecular formula is C14H21NO3. The highest BCUT2D eigenvalue weighted by atomic mass is 16.5. The predicted molar refractivity (Wildman–Crippen MR) is 71.3 cm³/mol. The van der Waals surface area contributed by atoms with Crippen LogP contribution in [0.5, 0.6) is 11.5 Å². The van der Waals surface area contributed by atoms with Gasteiger partial charge in [0.2, 0.25) is 5.91 Å². The Morgan fingerprint density at radius 1 is 1.28 bits per heavy atom. The molecule has 0 fully saturated rings. The number of likely N-dealkylation sites (N-methyl/N-ethyl adjacent to an activating group) is 1. The maximum Gasteiger partial charge on any atom is 0.219 e. The maximum absolute atomic E-state index is 11.2. The highest BCUT2D eigenvalue weighted by Gasteiger charge is 2.12. The van der Waals surface area contributed by atoms with Gasteiger partial charge in [0.25, 0.3) is 0 Å². The minimum absolute atomic E-state index is 0.0687. The fourth-order valence-corrected chi connectivity index (χ4v) is 1.88. The molecule has 0 saturated heterocycles. The average Bonchev–Trinajstić information content (AvgIpc) is 2.35. The number of methoxy groups -OCH3 is 2. The molecule has 0 atom stereocenters. The summed E-state index contributed by atoms with van der Waals surface area (Å²) < 4.78 is 10.7. The third-order valence-electron chi connectivity index (χ3n) is 3.12. The highest BCUT2D eigenvalue weighted by Crippen LogP contribution is 2.31. The number of hydrogen-bond donors (Lipinski definition) is 0. The lowest BCUT2D eigenvalue weighted by atomic mass is 10.1. The van der Waals surface area contributed by atoms with Crippen molar-refractivity contribution >= 4 is 5.91 Å². The Morgan fingerprint density at radius 3 is 2.44 bits per heavy atom. The van der Waals surface area contributed by atoms with Gasteiger partial charge in [-0.25, -0.2) is 0 Å². The summed E-state index contributed by atoms with van der Waals surface area (Å²) >= 11 is 0. The van der Waals surface area contributed by atoms with E-state index in [9.17, 15) is 4.79 Å². The average molecular weight is 251 g/mol. The van der Waals surface area contributed by atoms with E-state index in [1.807, 2.05) is 19.1 Å². The van der Waals surface area contributed by atoms with Gasteiger partial charge in [0, 0.05) is 26.1 Å². The van der Waals surface area contributed by atoms with E-state index in [0.29, 0.717) is 6.54 Å². The molecule has 0 aliphatic heterocycles. The summed E-state index contributed by atoms with van der Waals surface area (Å²) in [5.41, 5.74) is 2.08. The second-order valence-corrected chi connectivity index (χ2v) is 4.28. The van der Waals surface area contributed by atoms with Crippen LogP contribution in [0.3, 0.4) is 0 Å². The Kier molecular flexibility index (Phi) is 5.01. The van der Waals surface area contributed by atoms with Crippen LogP contribution < -0.4 is 9.47 Å². The Bertz CT molecular complexity index is 429. The summed E-state index contributed by atoms with van der Waals surface area (Å²) in [6, 6.07) is 3.92. The Balaban J connectivity index is 2.89. The molecule has 18 heavy (non-hydrogen) atoms. The van der Waals surface area contributed by atoms with Gasteiger partial charge in [-0.3, -0.25) is 4.79 Å².